The molecule has 4 aromatic carbocycles. The van der Waals surface area contributed by atoms with E-state index in [1.165, 1.54) is 0 Å². The molecule has 0 aliphatic heterocycles. The molecule has 1 atom stereocenters. The number of phenolic OH excluding ortho intramolecular Hbond substituents is 3. The number of methoxy groups -OCH3 is 3. The Kier molecular flexibility index (Phi) is 8.44. The van der Waals surface area contributed by atoms with Gasteiger partial charge in [0.25, 0.3) is 0 Å². The molecule has 0 unspecified atom stereocenters. The third-order valence-electron chi connectivity index (χ3n) is 6.59. The third kappa shape index (κ3) is 6.21. The lowest BCUT2D eigenvalue weighted by Gasteiger charge is -2.23. The van der Waals surface area contributed by atoms with Crippen LogP contribution in [0.5, 0.6) is 34.5 Å². The molecule has 6 nitrogen and oxygen atoms in total. The molecule has 6 heteroatoms. The average Bonchev–Trinajstić information content (AvgIpc) is 2.94. The van der Waals surface area contributed by atoms with Gasteiger partial charge in [-0.25, -0.2) is 0 Å². The molecule has 0 radical (unpaired) electrons. The highest BCUT2D eigenvalue weighted by molar-refractivity contribution is 5.74. The second-order valence-corrected chi connectivity index (χ2v) is 8.93. The normalized spacial score (nSPS) is 11.9. The van der Waals surface area contributed by atoms with Crippen molar-refractivity contribution in [3.05, 3.63) is 107 Å². The molecule has 0 aliphatic rings. The van der Waals surface area contributed by atoms with Crippen molar-refractivity contribution >= 4 is 12.2 Å². The highest BCUT2D eigenvalue weighted by atomic mass is 16.5. The number of benzene rings is 4. The topological polar surface area (TPSA) is 88.4 Å². The van der Waals surface area contributed by atoms with Crippen LogP contribution in [0, 0.1) is 0 Å². The van der Waals surface area contributed by atoms with E-state index < -0.39 is 0 Å². The quantitative estimate of drug-likeness (QED) is 0.203. The van der Waals surface area contributed by atoms with Gasteiger partial charge in [0.15, 0.2) is 0 Å². The molecule has 38 heavy (non-hydrogen) atoms. The minimum Gasteiger partial charge on any atom is -0.508 e. The van der Waals surface area contributed by atoms with Gasteiger partial charge in [-0.3, -0.25) is 0 Å². The first-order valence-corrected chi connectivity index (χ1v) is 12.3. The fourth-order valence-corrected chi connectivity index (χ4v) is 4.59. The van der Waals surface area contributed by atoms with Crippen molar-refractivity contribution in [2.24, 2.45) is 0 Å². The largest absolute Gasteiger partial charge is 0.508 e. The number of aromatic hydroxyl groups is 3. The molecule has 0 saturated heterocycles. The summed E-state index contributed by atoms with van der Waals surface area (Å²) in [7, 11) is 4.78. The van der Waals surface area contributed by atoms with Gasteiger partial charge in [0.1, 0.15) is 34.5 Å². The Morgan fingerprint density at radius 3 is 2.03 bits per heavy atom. The van der Waals surface area contributed by atoms with E-state index in [1.807, 2.05) is 60.7 Å². The average molecular weight is 513 g/mol. The van der Waals surface area contributed by atoms with E-state index in [4.69, 9.17) is 14.2 Å². The molecule has 0 fully saturated rings. The summed E-state index contributed by atoms with van der Waals surface area (Å²) in [5.41, 5.74) is 4.46. The van der Waals surface area contributed by atoms with E-state index in [0.717, 1.165) is 33.6 Å². The lowest BCUT2D eigenvalue weighted by atomic mass is 9.83. The summed E-state index contributed by atoms with van der Waals surface area (Å²) < 4.78 is 16.3. The second kappa shape index (κ2) is 12.1. The number of ether oxygens (including phenoxy) is 3. The van der Waals surface area contributed by atoms with Crippen LogP contribution in [0.15, 0.2) is 78.9 Å². The molecule has 0 saturated carbocycles. The summed E-state index contributed by atoms with van der Waals surface area (Å²) in [6.07, 6.45) is 5.19. The first-order chi connectivity index (χ1) is 18.4. The molecule has 4 aromatic rings. The van der Waals surface area contributed by atoms with Crippen LogP contribution in [0.2, 0.25) is 0 Å². The Morgan fingerprint density at radius 2 is 1.37 bits per heavy atom. The van der Waals surface area contributed by atoms with Crippen molar-refractivity contribution in [1.29, 1.82) is 0 Å². The van der Waals surface area contributed by atoms with Crippen LogP contribution in [0.1, 0.15) is 40.2 Å². The van der Waals surface area contributed by atoms with Crippen molar-refractivity contribution < 1.29 is 29.5 Å². The zero-order valence-corrected chi connectivity index (χ0v) is 21.7. The van der Waals surface area contributed by atoms with Crippen molar-refractivity contribution in [2.45, 2.75) is 18.8 Å². The summed E-state index contributed by atoms with van der Waals surface area (Å²) in [5.74, 6) is 2.21. The van der Waals surface area contributed by atoms with Gasteiger partial charge in [0.2, 0.25) is 0 Å². The van der Waals surface area contributed by atoms with E-state index in [-0.39, 0.29) is 23.2 Å². The number of hydrogen-bond acceptors (Lipinski definition) is 6. The standard InChI is InChI=1S/C32H32O6/c1-36-27-15-9-22(10-16-27)29(17-11-23-8-14-26(34)19-31(23)38-3)32-24(18-28(37-2)20-30(32)35)7-4-21-5-12-25(33)13-6-21/h4-10,12-16,18-20,29,33-35H,11,17H2,1-3H3/b7-4+/t29-/m1/s1. The highest BCUT2D eigenvalue weighted by Crippen LogP contribution is 2.41. The minimum absolute atomic E-state index is 0.133. The number of aryl methyl sites for hydroxylation is 1. The molecule has 4 rings (SSSR count). The Hall–Kier alpha value is -4.58. The van der Waals surface area contributed by atoms with Crippen molar-refractivity contribution in [2.75, 3.05) is 21.3 Å². The predicted octanol–water partition coefficient (Wildman–Crippen LogP) is 6.76. The monoisotopic (exact) mass is 512 g/mol. The SMILES string of the molecule is COc1ccc([C@@H](CCc2ccc(O)cc2OC)c2c(O)cc(OC)cc2/C=C/c2ccc(O)cc2)cc1. The van der Waals surface area contributed by atoms with Crippen LogP contribution < -0.4 is 14.2 Å². The van der Waals surface area contributed by atoms with E-state index in [2.05, 4.69) is 0 Å². The van der Waals surface area contributed by atoms with Gasteiger partial charge in [-0.15, -0.1) is 0 Å². The van der Waals surface area contributed by atoms with Gasteiger partial charge >= 0.3 is 0 Å². The lowest BCUT2D eigenvalue weighted by molar-refractivity contribution is 0.401. The Balaban J connectivity index is 1.79. The molecule has 0 heterocycles. The zero-order chi connectivity index (χ0) is 27.1. The third-order valence-corrected chi connectivity index (χ3v) is 6.59. The second-order valence-electron chi connectivity index (χ2n) is 8.93. The molecular formula is C32H32O6. The van der Waals surface area contributed by atoms with Crippen LogP contribution in [0.4, 0.5) is 0 Å². The van der Waals surface area contributed by atoms with Gasteiger partial charge in [0, 0.05) is 23.6 Å². The van der Waals surface area contributed by atoms with E-state index >= 15 is 0 Å². The van der Waals surface area contributed by atoms with Gasteiger partial charge in [-0.1, -0.05) is 42.5 Å². The molecule has 0 aliphatic carbocycles. The Bertz CT molecular complexity index is 1390. The van der Waals surface area contributed by atoms with Crippen molar-refractivity contribution in [1.82, 2.24) is 0 Å². The summed E-state index contributed by atoms with van der Waals surface area (Å²) in [5, 5.41) is 30.8. The maximum atomic E-state index is 11.3. The van der Waals surface area contributed by atoms with Crippen LogP contribution in [0.3, 0.4) is 0 Å². The molecule has 0 spiro atoms. The van der Waals surface area contributed by atoms with Gasteiger partial charge in [-0.2, -0.15) is 0 Å². The molecule has 3 N–H and O–H groups in total. The highest BCUT2D eigenvalue weighted by Gasteiger charge is 2.23. The van der Waals surface area contributed by atoms with E-state index in [1.54, 1.807) is 51.7 Å². The fourth-order valence-electron chi connectivity index (χ4n) is 4.59. The fraction of sp³-hybridized carbons (Fsp3) is 0.188. The van der Waals surface area contributed by atoms with Crippen LogP contribution in [0.25, 0.3) is 12.2 Å². The summed E-state index contributed by atoms with van der Waals surface area (Å²) in [6, 6.07) is 23.4. The number of phenols is 3. The Labute approximate surface area is 223 Å². The van der Waals surface area contributed by atoms with Crippen LogP contribution in [-0.4, -0.2) is 36.6 Å². The predicted molar refractivity (Wildman–Crippen MR) is 150 cm³/mol. The number of rotatable bonds is 10. The van der Waals surface area contributed by atoms with Gasteiger partial charge < -0.3 is 29.5 Å². The minimum atomic E-state index is -0.176. The molecule has 0 bridgehead atoms. The van der Waals surface area contributed by atoms with Gasteiger partial charge in [0.05, 0.1) is 21.3 Å². The zero-order valence-electron chi connectivity index (χ0n) is 21.7. The lowest BCUT2D eigenvalue weighted by Crippen LogP contribution is -2.07. The summed E-state index contributed by atoms with van der Waals surface area (Å²) in [6.45, 7) is 0. The summed E-state index contributed by atoms with van der Waals surface area (Å²) >= 11 is 0. The molecule has 0 aromatic heterocycles. The van der Waals surface area contributed by atoms with E-state index in [0.29, 0.717) is 24.3 Å². The van der Waals surface area contributed by atoms with E-state index in [9.17, 15) is 15.3 Å². The van der Waals surface area contributed by atoms with Crippen LogP contribution in [-0.2, 0) is 6.42 Å². The first-order valence-electron chi connectivity index (χ1n) is 12.3. The van der Waals surface area contributed by atoms with Gasteiger partial charge in [-0.05, 0) is 71.5 Å². The molecule has 0 amide bonds. The summed E-state index contributed by atoms with van der Waals surface area (Å²) in [4.78, 5) is 0. The molecule has 196 valence electrons. The maximum absolute atomic E-state index is 11.3. The van der Waals surface area contributed by atoms with Crippen LogP contribution >= 0.6 is 0 Å². The Morgan fingerprint density at radius 1 is 0.684 bits per heavy atom. The maximum Gasteiger partial charge on any atom is 0.125 e. The number of hydrogen-bond donors (Lipinski definition) is 3. The molecular weight excluding hydrogens is 480 g/mol. The smallest absolute Gasteiger partial charge is 0.125 e. The van der Waals surface area contributed by atoms with Crippen molar-refractivity contribution in [3.8, 4) is 34.5 Å². The van der Waals surface area contributed by atoms with Crippen molar-refractivity contribution in [3.63, 3.8) is 0 Å². The first kappa shape index (κ1) is 26.5.